The lowest BCUT2D eigenvalue weighted by molar-refractivity contribution is 0.0829. The Kier molecular flexibility index (Phi) is 2.69. The van der Waals surface area contributed by atoms with Crippen LogP contribution in [0.3, 0.4) is 0 Å². The van der Waals surface area contributed by atoms with Gasteiger partial charge in [-0.05, 0) is 48.6 Å². The highest BCUT2D eigenvalue weighted by atomic mass is 35.5. The SMILES string of the molecule is Cc1ccc2c(c1)C(O)(c1ccc(Cl)cc1)CC2. The zero-order valence-electron chi connectivity index (χ0n) is 10.3. The molecule has 0 aromatic heterocycles. The van der Waals surface area contributed by atoms with Crippen molar-refractivity contribution in [1.82, 2.24) is 0 Å². The molecule has 0 radical (unpaired) electrons. The van der Waals surface area contributed by atoms with Crippen molar-refractivity contribution < 1.29 is 5.11 Å². The summed E-state index contributed by atoms with van der Waals surface area (Å²) in [6.45, 7) is 2.06. The number of benzene rings is 2. The molecule has 2 aromatic rings. The van der Waals surface area contributed by atoms with Crippen LogP contribution >= 0.6 is 11.6 Å². The number of hydrogen-bond donors (Lipinski definition) is 1. The highest BCUT2D eigenvalue weighted by Gasteiger charge is 2.38. The molecule has 0 heterocycles. The highest BCUT2D eigenvalue weighted by Crippen LogP contribution is 2.42. The van der Waals surface area contributed by atoms with Gasteiger partial charge in [-0.1, -0.05) is 47.5 Å². The Morgan fingerprint density at radius 2 is 1.83 bits per heavy atom. The van der Waals surface area contributed by atoms with Gasteiger partial charge in [0.2, 0.25) is 0 Å². The molecule has 1 aliphatic rings. The molecule has 18 heavy (non-hydrogen) atoms. The van der Waals surface area contributed by atoms with Crippen molar-refractivity contribution in [2.24, 2.45) is 0 Å². The summed E-state index contributed by atoms with van der Waals surface area (Å²) in [5.74, 6) is 0. The zero-order chi connectivity index (χ0) is 12.8. The van der Waals surface area contributed by atoms with E-state index in [0.29, 0.717) is 5.02 Å². The quantitative estimate of drug-likeness (QED) is 0.824. The smallest absolute Gasteiger partial charge is 0.115 e. The molecular weight excluding hydrogens is 244 g/mol. The van der Waals surface area contributed by atoms with Crippen molar-refractivity contribution in [3.8, 4) is 0 Å². The Morgan fingerprint density at radius 3 is 2.56 bits per heavy atom. The first-order chi connectivity index (χ1) is 8.59. The third-order valence-corrected chi connectivity index (χ3v) is 4.04. The summed E-state index contributed by atoms with van der Waals surface area (Å²) in [6, 6.07) is 13.8. The van der Waals surface area contributed by atoms with Crippen LogP contribution < -0.4 is 0 Å². The van der Waals surface area contributed by atoms with E-state index in [-0.39, 0.29) is 0 Å². The predicted molar refractivity (Wildman–Crippen MR) is 74.0 cm³/mol. The normalized spacial score (nSPS) is 21.9. The fraction of sp³-hybridized carbons (Fsp3) is 0.250. The van der Waals surface area contributed by atoms with Gasteiger partial charge in [0.15, 0.2) is 0 Å². The van der Waals surface area contributed by atoms with E-state index in [0.717, 1.165) is 24.0 Å². The molecule has 0 aliphatic heterocycles. The van der Waals surface area contributed by atoms with Gasteiger partial charge in [0.25, 0.3) is 0 Å². The Bertz CT molecular complexity index is 589. The summed E-state index contributed by atoms with van der Waals surface area (Å²) < 4.78 is 0. The standard InChI is InChI=1S/C16H15ClO/c1-11-2-3-12-8-9-16(18,15(12)10-11)13-4-6-14(17)7-5-13/h2-7,10,18H,8-9H2,1H3. The maximum atomic E-state index is 11.0. The molecule has 0 fully saturated rings. The molecule has 1 atom stereocenters. The maximum Gasteiger partial charge on any atom is 0.115 e. The molecular formula is C16H15ClO. The molecule has 0 amide bonds. The lowest BCUT2D eigenvalue weighted by Crippen LogP contribution is -2.23. The second-order valence-electron chi connectivity index (χ2n) is 5.03. The van der Waals surface area contributed by atoms with E-state index in [1.54, 1.807) is 0 Å². The van der Waals surface area contributed by atoms with Gasteiger partial charge in [0.05, 0.1) is 0 Å². The molecule has 1 nitrogen and oxygen atoms in total. The van der Waals surface area contributed by atoms with Crippen LogP contribution in [-0.4, -0.2) is 5.11 Å². The lowest BCUT2D eigenvalue weighted by Gasteiger charge is -2.25. The van der Waals surface area contributed by atoms with E-state index in [1.165, 1.54) is 11.1 Å². The van der Waals surface area contributed by atoms with Gasteiger partial charge >= 0.3 is 0 Å². The maximum absolute atomic E-state index is 11.0. The number of aliphatic hydroxyl groups is 1. The van der Waals surface area contributed by atoms with Gasteiger partial charge in [-0.3, -0.25) is 0 Å². The van der Waals surface area contributed by atoms with Crippen LogP contribution in [0, 0.1) is 6.92 Å². The lowest BCUT2D eigenvalue weighted by atomic mass is 9.87. The van der Waals surface area contributed by atoms with Crippen molar-refractivity contribution in [2.75, 3.05) is 0 Å². The number of fused-ring (bicyclic) bond motifs is 1. The molecule has 1 unspecified atom stereocenters. The average molecular weight is 259 g/mol. The van der Waals surface area contributed by atoms with E-state index in [2.05, 4.69) is 25.1 Å². The Balaban J connectivity index is 2.13. The van der Waals surface area contributed by atoms with Crippen LogP contribution in [0.1, 0.15) is 28.7 Å². The molecule has 0 saturated heterocycles. The van der Waals surface area contributed by atoms with Gasteiger partial charge in [0, 0.05) is 5.02 Å². The largest absolute Gasteiger partial charge is 0.380 e. The van der Waals surface area contributed by atoms with Crippen molar-refractivity contribution >= 4 is 11.6 Å². The van der Waals surface area contributed by atoms with E-state index in [1.807, 2.05) is 24.3 Å². The second-order valence-corrected chi connectivity index (χ2v) is 5.46. The van der Waals surface area contributed by atoms with Gasteiger partial charge < -0.3 is 5.11 Å². The monoisotopic (exact) mass is 258 g/mol. The molecule has 1 N–H and O–H groups in total. The van der Waals surface area contributed by atoms with Crippen LogP contribution in [0.4, 0.5) is 0 Å². The Labute approximate surface area is 112 Å². The molecule has 0 spiro atoms. The molecule has 0 saturated carbocycles. The minimum absolute atomic E-state index is 0.699. The zero-order valence-corrected chi connectivity index (χ0v) is 11.0. The van der Waals surface area contributed by atoms with Crippen molar-refractivity contribution in [2.45, 2.75) is 25.4 Å². The van der Waals surface area contributed by atoms with Crippen LogP contribution in [0.15, 0.2) is 42.5 Å². The Hall–Kier alpha value is -1.31. The van der Waals surface area contributed by atoms with Crippen molar-refractivity contribution in [1.29, 1.82) is 0 Å². The van der Waals surface area contributed by atoms with Crippen LogP contribution in [0.25, 0.3) is 0 Å². The number of hydrogen-bond acceptors (Lipinski definition) is 1. The van der Waals surface area contributed by atoms with Gasteiger partial charge in [0.1, 0.15) is 5.60 Å². The fourth-order valence-electron chi connectivity index (χ4n) is 2.77. The van der Waals surface area contributed by atoms with Gasteiger partial charge in [-0.2, -0.15) is 0 Å². The third-order valence-electron chi connectivity index (χ3n) is 3.79. The van der Waals surface area contributed by atoms with Crippen molar-refractivity contribution in [3.05, 3.63) is 69.7 Å². The van der Waals surface area contributed by atoms with Gasteiger partial charge in [-0.15, -0.1) is 0 Å². The minimum atomic E-state index is -0.855. The number of aryl methyl sites for hydroxylation is 2. The summed E-state index contributed by atoms with van der Waals surface area (Å²) in [7, 11) is 0. The van der Waals surface area contributed by atoms with Crippen LogP contribution in [0.2, 0.25) is 5.02 Å². The predicted octanol–water partition coefficient (Wildman–Crippen LogP) is 3.83. The molecule has 2 aromatic carbocycles. The third kappa shape index (κ3) is 1.75. The molecule has 3 rings (SSSR count). The summed E-state index contributed by atoms with van der Waals surface area (Å²) in [4.78, 5) is 0. The van der Waals surface area contributed by atoms with E-state index < -0.39 is 5.60 Å². The summed E-state index contributed by atoms with van der Waals surface area (Å²) >= 11 is 5.91. The fourth-order valence-corrected chi connectivity index (χ4v) is 2.89. The molecule has 0 bridgehead atoms. The van der Waals surface area contributed by atoms with Crippen LogP contribution in [0.5, 0.6) is 0 Å². The highest BCUT2D eigenvalue weighted by molar-refractivity contribution is 6.30. The Morgan fingerprint density at radius 1 is 1.11 bits per heavy atom. The van der Waals surface area contributed by atoms with E-state index in [9.17, 15) is 5.11 Å². The van der Waals surface area contributed by atoms with Gasteiger partial charge in [-0.25, -0.2) is 0 Å². The first-order valence-corrected chi connectivity index (χ1v) is 6.56. The average Bonchev–Trinajstić information content (AvgIpc) is 2.69. The topological polar surface area (TPSA) is 20.2 Å². The molecule has 1 aliphatic carbocycles. The van der Waals surface area contributed by atoms with Crippen molar-refractivity contribution in [3.63, 3.8) is 0 Å². The number of halogens is 1. The summed E-state index contributed by atoms with van der Waals surface area (Å²) in [5, 5.41) is 11.7. The van der Waals surface area contributed by atoms with E-state index in [4.69, 9.17) is 11.6 Å². The summed E-state index contributed by atoms with van der Waals surface area (Å²) in [6.07, 6.45) is 1.67. The minimum Gasteiger partial charge on any atom is -0.380 e. The molecule has 2 heteroatoms. The van der Waals surface area contributed by atoms with Crippen LogP contribution in [-0.2, 0) is 12.0 Å². The number of rotatable bonds is 1. The first-order valence-electron chi connectivity index (χ1n) is 6.18. The first kappa shape index (κ1) is 11.8. The van der Waals surface area contributed by atoms with E-state index >= 15 is 0 Å². The summed E-state index contributed by atoms with van der Waals surface area (Å²) in [5.41, 5.74) is 3.55. The molecule has 92 valence electrons. The second kappa shape index (κ2) is 4.11.